The number of hydrogen-bond acceptors (Lipinski definition) is 6. The number of methoxy groups -OCH3 is 3. The highest BCUT2D eigenvalue weighted by molar-refractivity contribution is 7.09. The number of thiophene rings is 1. The zero-order valence-electron chi connectivity index (χ0n) is 18.1. The van der Waals surface area contributed by atoms with E-state index in [2.05, 4.69) is 34.5 Å². The maximum atomic E-state index is 12.6. The Hall–Kier alpha value is -1.93. The summed E-state index contributed by atoms with van der Waals surface area (Å²) in [7, 11) is 4.94. The van der Waals surface area contributed by atoms with Gasteiger partial charge in [0.2, 0.25) is 5.91 Å². The Morgan fingerprint density at radius 3 is 2.67 bits per heavy atom. The smallest absolute Gasteiger partial charge is 0.248 e. The number of carbonyl (C=O) groups excluding carboxylic acids is 1. The Morgan fingerprint density at radius 1 is 1.13 bits per heavy atom. The predicted octanol–water partition coefficient (Wildman–Crippen LogP) is 3.09. The summed E-state index contributed by atoms with van der Waals surface area (Å²) in [4.78, 5) is 18.4. The van der Waals surface area contributed by atoms with Crippen molar-refractivity contribution in [2.75, 3.05) is 60.7 Å². The Kier molecular flexibility index (Phi) is 8.69. The Bertz CT molecular complexity index is 783. The van der Waals surface area contributed by atoms with Gasteiger partial charge < -0.3 is 19.1 Å². The Labute approximate surface area is 183 Å². The molecular weight excluding hydrogens is 400 g/mol. The van der Waals surface area contributed by atoms with Gasteiger partial charge >= 0.3 is 0 Å². The van der Waals surface area contributed by atoms with Crippen molar-refractivity contribution in [1.82, 2.24) is 9.80 Å². The first kappa shape index (κ1) is 22.7. The van der Waals surface area contributed by atoms with Crippen LogP contribution in [0.2, 0.25) is 0 Å². The summed E-state index contributed by atoms with van der Waals surface area (Å²) in [5.41, 5.74) is 1.21. The lowest BCUT2D eigenvalue weighted by Crippen LogP contribution is -2.41. The third-order valence-corrected chi connectivity index (χ3v) is 6.52. The van der Waals surface area contributed by atoms with Gasteiger partial charge in [-0.1, -0.05) is 24.3 Å². The summed E-state index contributed by atoms with van der Waals surface area (Å²) in [5, 5.41) is 2.12. The molecule has 7 heteroatoms. The van der Waals surface area contributed by atoms with Gasteiger partial charge in [-0.2, -0.15) is 0 Å². The quantitative estimate of drug-likeness (QED) is 0.546. The van der Waals surface area contributed by atoms with E-state index in [1.54, 1.807) is 32.7 Å². The van der Waals surface area contributed by atoms with E-state index in [1.807, 2.05) is 17.0 Å². The molecule has 30 heavy (non-hydrogen) atoms. The summed E-state index contributed by atoms with van der Waals surface area (Å²) in [6, 6.07) is 12.5. The van der Waals surface area contributed by atoms with E-state index < -0.39 is 0 Å². The number of nitrogens with zero attached hydrogens (tertiary/aromatic N) is 2. The molecule has 0 radical (unpaired) electrons. The van der Waals surface area contributed by atoms with E-state index in [0.717, 1.165) is 25.4 Å². The molecule has 1 aromatic carbocycles. The third-order valence-electron chi connectivity index (χ3n) is 5.66. The van der Waals surface area contributed by atoms with Crippen LogP contribution in [0, 0.1) is 5.92 Å². The summed E-state index contributed by atoms with van der Waals surface area (Å²) in [6.07, 6.45) is 0. The van der Waals surface area contributed by atoms with Gasteiger partial charge in [0.25, 0.3) is 0 Å². The maximum absolute atomic E-state index is 12.6. The van der Waals surface area contributed by atoms with Crippen molar-refractivity contribution in [1.29, 1.82) is 0 Å². The molecule has 1 saturated heterocycles. The van der Waals surface area contributed by atoms with Gasteiger partial charge in [-0.3, -0.25) is 9.69 Å². The highest BCUT2D eigenvalue weighted by Crippen LogP contribution is 2.38. The van der Waals surface area contributed by atoms with Crippen LogP contribution in [0.5, 0.6) is 5.75 Å². The van der Waals surface area contributed by atoms with Crippen molar-refractivity contribution in [2.24, 2.45) is 5.92 Å². The second kappa shape index (κ2) is 11.5. The fraction of sp³-hybridized carbons (Fsp3) is 0.522. The van der Waals surface area contributed by atoms with E-state index in [-0.39, 0.29) is 12.5 Å². The summed E-state index contributed by atoms with van der Waals surface area (Å²) in [6.45, 7) is 4.66. The van der Waals surface area contributed by atoms with Crippen molar-refractivity contribution < 1.29 is 19.0 Å². The van der Waals surface area contributed by atoms with Crippen LogP contribution in [0.1, 0.15) is 16.4 Å². The molecule has 0 spiro atoms. The van der Waals surface area contributed by atoms with Crippen LogP contribution in [0.3, 0.4) is 0 Å². The second-order valence-electron chi connectivity index (χ2n) is 7.65. The summed E-state index contributed by atoms with van der Waals surface area (Å²) >= 11 is 1.79. The van der Waals surface area contributed by atoms with E-state index in [4.69, 9.17) is 14.2 Å². The molecule has 1 fully saturated rings. The first-order chi connectivity index (χ1) is 14.7. The van der Waals surface area contributed by atoms with Crippen LogP contribution in [-0.4, -0.2) is 76.4 Å². The first-order valence-corrected chi connectivity index (χ1v) is 11.2. The standard InChI is InChI=1S/C23H32N2O4S/c1-27-11-10-25(23(26)17-28-2)14-18-13-24(15-19-7-6-12-30-19)16-21(18)20-8-4-5-9-22(20)29-3/h4-9,12,18,21H,10-11,13-17H2,1-3H3/t18-,21+/m1/s1. The topological polar surface area (TPSA) is 51.2 Å². The van der Waals surface area contributed by atoms with E-state index in [9.17, 15) is 4.79 Å². The molecule has 1 aliphatic rings. The van der Waals surface area contributed by atoms with Crippen molar-refractivity contribution in [3.8, 4) is 5.75 Å². The fourth-order valence-corrected chi connectivity index (χ4v) is 4.99. The molecule has 0 bridgehead atoms. The molecule has 2 atom stereocenters. The van der Waals surface area contributed by atoms with Crippen LogP contribution >= 0.6 is 11.3 Å². The molecular formula is C23H32N2O4S. The van der Waals surface area contributed by atoms with Gasteiger partial charge in [-0.15, -0.1) is 11.3 Å². The molecule has 0 N–H and O–H groups in total. The first-order valence-electron chi connectivity index (χ1n) is 10.3. The molecule has 2 aromatic rings. The number of carbonyl (C=O) groups is 1. The molecule has 3 rings (SSSR count). The number of hydrogen-bond donors (Lipinski definition) is 0. The molecule has 0 saturated carbocycles. The normalized spacial score (nSPS) is 19.2. The number of rotatable bonds is 11. The minimum absolute atomic E-state index is 0.00466. The summed E-state index contributed by atoms with van der Waals surface area (Å²) in [5.74, 6) is 1.52. The molecule has 1 amide bonds. The zero-order chi connectivity index (χ0) is 21.3. The van der Waals surface area contributed by atoms with Crippen molar-refractivity contribution in [3.63, 3.8) is 0 Å². The number of para-hydroxylation sites is 1. The van der Waals surface area contributed by atoms with E-state index in [0.29, 0.717) is 31.5 Å². The molecule has 1 aliphatic heterocycles. The minimum Gasteiger partial charge on any atom is -0.496 e. The molecule has 0 unspecified atom stereocenters. The Balaban J connectivity index is 1.81. The molecule has 164 valence electrons. The number of ether oxygens (including phenoxy) is 3. The van der Waals surface area contributed by atoms with Gasteiger partial charge in [0.15, 0.2) is 0 Å². The SMILES string of the molecule is COCCN(C[C@H]1CN(Cc2cccs2)C[C@@H]1c1ccccc1OC)C(=O)COC. The van der Waals surface area contributed by atoms with E-state index >= 15 is 0 Å². The van der Waals surface area contributed by atoms with Crippen LogP contribution in [0.4, 0.5) is 0 Å². The van der Waals surface area contributed by atoms with Gasteiger partial charge in [-0.05, 0) is 29.0 Å². The number of benzene rings is 1. The number of amides is 1. The van der Waals surface area contributed by atoms with E-state index in [1.165, 1.54) is 10.4 Å². The molecule has 1 aromatic heterocycles. The second-order valence-corrected chi connectivity index (χ2v) is 8.68. The summed E-state index contributed by atoms with van der Waals surface area (Å²) < 4.78 is 16.0. The lowest BCUT2D eigenvalue weighted by molar-refractivity contribution is -0.136. The van der Waals surface area contributed by atoms with Crippen LogP contribution in [0.15, 0.2) is 41.8 Å². The van der Waals surface area contributed by atoms with Crippen molar-refractivity contribution in [2.45, 2.75) is 12.5 Å². The van der Waals surface area contributed by atoms with Gasteiger partial charge in [0.05, 0.1) is 13.7 Å². The van der Waals surface area contributed by atoms with Crippen molar-refractivity contribution in [3.05, 3.63) is 52.2 Å². The fourth-order valence-electron chi connectivity index (χ4n) is 4.24. The van der Waals surface area contributed by atoms with Gasteiger partial charge in [-0.25, -0.2) is 0 Å². The molecule has 2 heterocycles. The lowest BCUT2D eigenvalue weighted by Gasteiger charge is -2.28. The predicted molar refractivity (Wildman–Crippen MR) is 119 cm³/mol. The highest BCUT2D eigenvalue weighted by atomic mass is 32.1. The van der Waals surface area contributed by atoms with Crippen LogP contribution < -0.4 is 4.74 Å². The minimum atomic E-state index is 0.00466. The monoisotopic (exact) mass is 432 g/mol. The molecule has 6 nitrogen and oxygen atoms in total. The Morgan fingerprint density at radius 2 is 1.97 bits per heavy atom. The zero-order valence-corrected chi connectivity index (χ0v) is 18.9. The average Bonchev–Trinajstić information content (AvgIpc) is 3.41. The highest BCUT2D eigenvalue weighted by Gasteiger charge is 2.37. The van der Waals surface area contributed by atoms with Gasteiger partial charge in [0, 0.05) is 57.7 Å². The van der Waals surface area contributed by atoms with Gasteiger partial charge in [0.1, 0.15) is 12.4 Å². The third kappa shape index (κ3) is 5.82. The largest absolute Gasteiger partial charge is 0.496 e. The van der Waals surface area contributed by atoms with Crippen molar-refractivity contribution >= 4 is 17.2 Å². The average molecular weight is 433 g/mol. The number of likely N-dealkylation sites (tertiary alicyclic amines) is 1. The maximum Gasteiger partial charge on any atom is 0.248 e. The van der Waals surface area contributed by atoms with Crippen LogP contribution in [-0.2, 0) is 20.8 Å². The lowest BCUT2D eigenvalue weighted by atomic mass is 9.88. The van der Waals surface area contributed by atoms with Crippen LogP contribution in [0.25, 0.3) is 0 Å². The molecule has 0 aliphatic carbocycles.